The number of Topliss-reactive ketones (excluding diaryl/α,β-unsaturated/α-hetero) is 1. The van der Waals surface area contributed by atoms with Crippen LogP contribution in [0.4, 0.5) is 5.69 Å². The van der Waals surface area contributed by atoms with E-state index in [4.69, 9.17) is 16.3 Å². The Morgan fingerprint density at radius 3 is 2.28 bits per heavy atom. The average Bonchev–Trinajstić information content (AvgIpc) is 3.33. The normalized spacial score (nSPS) is 19.2. The zero-order valence-electron chi connectivity index (χ0n) is 16.6. The van der Waals surface area contributed by atoms with E-state index in [0.29, 0.717) is 21.7 Å². The average molecular weight is 505 g/mol. The van der Waals surface area contributed by atoms with Crippen LogP contribution in [0.15, 0.2) is 94.1 Å². The fraction of sp³-hybridized carbons (Fsp3) is 0.0769. The highest BCUT2D eigenvalue weighted by Gasteiger charge is 2.49. The summed E-state index contributed by atoms with van der Waals surface area (Å²) in [5.74, 6) is -0.942. The molecule has 1 aliphatic carbocycles. The molecule has 2 aliphatic heterocycles. The summed E-state index contributed by atoms with van der Waals surface area (Å²) in [6, 6.07) is 22.7. The summed E-state index contributed by atoms with van der Waals surface area (Å²) in [6.07, 6.45) is 0. The maximum absolute atomic E-state index is 13.7. The second-order valence-electron chi connectivity index (χ2n) is 7.87. The number of halogens is 2. The second kappa shape index (κ2) is 7.19. The van der Waals surface area contributed by atoms with Crippen LogP contribution in [0.25, 0.3) is 5.70 Å². The third-order valence-electron chi connectivity index (χ3n) is 6.16. The molecule has 6 rings (SSSR count). The monoisotopic (exact) mass is 503 g/mol. The summed E-state index contributed by atoms with van der Waals surface area (Å²) < 4.78 is 6.44. The van der Waals surface area contributed by atoms with Gasteiger partial charge in [-0.05, 0) is 42.0 Å². The van der Waals surface area contributed by atoms with Gasteiger partial charge in [0.2, 0.25) is 0 Å². The van der Waals surface area contributed by atoms with E-state index in [9.17, 15) is 9.59 Å². The number of carbonyl (C=O) groups excluding carboxylic acids is 2. The Hall–Kier alpha value is -3.15. The molecular formula is C26H15BrClNO3. The van der Waals surface area contributed by atoms with Gasteiger partial charge in [0.25, 0.3) is 0 Å². The highest BCUT2D eigenvalue weighted by molar-refractivity contribution is 9.10. The highest BCUT2D eigenvalue weighted by atomic mass is 79.9. The van der Waals surface area contributed by atoms with Gasteiger partial charge in [-0.15, -0.1) is 0 Å². The van der Waals surface area contributed by atoms with E-state index in [1.807, 2.05) is 65.6 Å². The van der Waals surface area contributed by atoms with Crippen LogP contribution in [0, 0.1) is 0 Å². The number of benzene rings is 3. The lowest BCUT2D eigenvalue weighted by molar-refractivity contribution is -0.136. The molecule has 3 aliphatic rings. The maximum Gasteiger partial charge on any atom is 0.337 e. The van der Waals surface area contributed by atoms with Gasteiger partial charge < -0.3 is 9.64 Å². The molecule has 0 radical (unpaired) electrons. The molecule has 0 bridgehead atoms. The number of rotatable bonds is 2. The Bertz CT molecular complexity index is 1370. The standard InChI is InChI=1S/C26H15BrClNO3/c27-15-7-5-14(6-8-15)21-22-20(13-32-26(22)31)29(17-11-9-16(28)10-12-17)24-18-3-1-2-4-19(18)25(30)23(21)24/h1-12,21H,13H2. The molecule has 0 spiro atoms. The van der Waals surface area contributed by atoms with Crippen molar-refractivity contribution < 1.29 is 14.3 Å². The third kappa shape index (κ3) is 2.74. The number of nitrogens with zero attached hydrogens (tertiary/aromatic N) is 1. The minimum absolute atomic E-state index is 0.0614. The summed E-state index contributed by atoms with van der Waals surface area (Å²) in [5, 5.41) is 0.614. The van der Waals surface area contributed by atoms with Crippen LogP contribution < -0.4 is 4.90 Å². The Labute approximate surface area is 197 Å². The number of esters is 1. The number of hydrogen-bond donors (Lipinski definition) is 0. The Balaban J connectivity index is 1.67. The number of fused-ring (bicyclic) bond motifs is 2. The van der Waals surface area contributed by atoms with Crippen molar-refractivity contribution in [1.82, 2.24) is 0 Å². The molecular weight excluding hydrogens is 490 g/mol. The van der Waals surface area contributed by atoms with Gasteiger partial charge in [0.1, 0.15) is 6.61 Å². The molecule has 4 nitrogen and oxygen atoms in total. The van der Waals surface area contributed by atoms with Crippen molar-refractivity contribution in [2.24, 2.45) is 0 Å². The van der Waals surface area contributed by atoms with Crippen LogP contribution in [0.3, 0.4) is 0 Å². The van der Waals surface area contributed by atoms with Crippen molar-refractivity contribution in [1.29, 1.82) is 0 Å². The van der Waals surface area contributed by atoms with Crippen molar-refractivity contribution in [3.05, 3.63) is 116 Å². The number of carbonyl (C=O) groups is 2. The number of allylic oxidation sites excluding steroid dienone is 1. The Morgan fingerprint density at radius 2 is 1.56 bits per heavy atom. The minimum atomic E-state index is -0.494. The molecule has 6 heteroatoms. The largest absolute Gasteiger partial charge is 0.456 e. The zero-order valence-corrected chi connectivity index (χ0v) is 19.0. The van der Waals surface area contributed by atoms with Crippen molar-refractivity contribution >= 4 is 50.7 Å². The number of hydrogen-bond acceptors (Lipinski definition) is 4. The zero-order chi connectivity index (χ0) is 22.0. The van der Waals surface area contributed by atoms with Gasteiger partial charge in [-0.3, -0.25) is 4.79 Å². The van der Waals surface area contributed by atoms with Crippen molar-refractivity contribution in [2.45, 2.75) is 5.92 Å². The molecule has 0 amide bonds. The van der Waals surface area contributed by atoms with Crippen LogP contribution in [0.2, 0.25) is 5.02 Å². The van der Waals surface area contributed by atoms with Crippen LogP contribution in [0.5, 0.6) is 0 Å². The first-order valence-corrected chi connectivity index (χ1v) is 11.3. The van der Waals surface area contributed by atoms with E-state index in [1.54, 1.807) is 12.1 Å². The van der Waals surface area contributed by atoms with E-state index in [-0.39, 0.29) is 18.4 Å². The second-order valence-corrected chi connectivity index (χ2v) is 9.22. The van der Waals surface area contributed by atoms with Crippen molar-refractivity contribution in [2.75, 3.05) is 11.5 Å². The Kier molecular flexibility index (Phi) is 4.39. The maximum atomic E-state index is 13.7. The summed E-state index contributed by atoms with van der Waals surface area (Å²) >= 11 is 9.61. The van der Waals surface area contributed by atoms with Gasteiger partial charge in [-0.25, -0.2) is 4.79 Å². The molecule has 0 N–H and O–H groups in total. The van der Waals surface area contributed by atoms with Crippen LogP contribution in [-0.4, -0.2) is 18.4 Å². The van der Waals surface area contributed by atoms with E-state index in [2.05, 4.69) is 15.9 Å². The molecule has 0 fully saturated rings. The highest BCUT2D eigenvalue weighted by Crippen LogP contribution is 2.53. The predicted molar refractivity (Wildman–Crippen MR) is 126 cm³/mol. The lowest BCUT2D eigenvalue weighted by atomic mass is 9.79. The van der Waals surface area contributed by atoms with Crippen molar-refractivity contribution in [3.63, 3.8) is 0 Å². The third-order valence-corrected chi connectivity index (χ3v) is 6.94. The van der Waals surface area contributed by atoms with Crippen molar-refractivity contribution in [3.8, 4) is 0 Å². The number of anilines is 1. The molecule has 3 aromatic rings. The first kappa shape index (κ1) is 19.5. The van der Waals surface area contributed by atoms with Crippen LogP contribution >= 0.6 is 27.5 Å². The summed E-state index contributed by atoms with van der Waals surface area (Å²) in [6.45, 7) is 0.150. The van der Waals surface area contributed by atoms with Crippen LogP contribution in [0.1, 0.15) is 27.4 Å². The van der Waals surface area contributed by atoms with Gasteiger partial charge in [0.05, 0.1) is 17.0 Å². The summed E-state index contributed by atoms with van der Waals surface area (Å²) in [7, 11) is 0. The first-order valence-electron chi connectivity index (χ1n) is 10.1. The van der Waals surface area contributed by atoms with Crippen LogP contribution in [-0.2, 0) is 9.53 Å². The van der Waals surface area contributed by atoms with Gasteiger partial charge in [-0.2, -0.15) is 0 Å². The quantitative estimate of drug-likeness (QED) is 0.394. The summed E-state index contributed by atoms with van der Waals surface area (Å²) in [5.41, 5.74) is 5.88. The molecule has 3 aromatic carbocycles. The van der Waals surface area contributed by atoms with E-state index in [0.717, 1.165) is 32.7 Å². The predicted octanol–water partition coefficient (Wildman–Crippen LogP) is 6.12. The molecule has 1 unspecified atom stereocenters. The number of ketones is 1. The minimum Gasteiger partial charge on any atom is -0.456 e. The van der Waals surface area contributed by atoms with Gasteiger partial charge >= 0.3 is 5.97 Å². The lowest BCUT2D eigenvalue weighted by Gasteiger charge is -2.35. The van der Waals surface area contributed by atoms with Gasteiger partial charge in [-0.1, -0.05) is 63.9 Å². The van der Waals surface area contributed by atoms with E-state index < -0.39 is 5.92 Å². The fourth-order valence-corrected chi connectivity index (χ4v) is 5.20. The van der Waals surface area contributed by atoms with E-state index >= 15 is 0 Å². The smallest absolute Gasteiger partial charge is 0.337 e. The molecule has 1 atom stereocenters. The van der Waals surface area contributed by atoms with Gasteiger partial charge in [0.15, 0.2) is 5.78 Å². The number of ether oxygens (including phenoxy) is 1. The van der Waals surface area contributed by atoms with Gasteiger partial charge in [0, 0.05) is 37.8 Å². The molecule has 0 aromatic heterocycles. The number of cyclic esters (lactones) is 1. The Morgan fingerprint density at radius 1 is 0.875 bits per heavy atom. The molecule has 32 heavy (non-hydrogen) atoms. The summed E-state index contributed by atoms with van der Waals surface area (Å²) in [4.78, 5) is 28.7. The molecule has 156 valence electrons. The topological polar surface area (TPSA) is 46.6 Å². The van der Waals surface area contributed by atoms with E-state index in [1.165, 1.54) is 0 Å². The molecule has 2 heterocycles. The first-order chi connectivity index (χ1) is 15.5. The molecule has 0 saturated carbocycles. The SMILES string of the molecule is O=C1OCC2=C1C(c1ccc(Br)cc1)C1=C(c3ccccc3C1=O)N2c1ccc(Cl)cc1. The molecule has 0 saturated heterocycles. The lowest BCUT2D eigenvalue weighted by Crippen LogP contribution is -2.30. The fourth-order valence-electron chi connectivity index (χ4n) is 4.81.